The van der Waals surface area contributed by atoms with Crippen molar-refractivity contribution >= 4 is 12.2 Å². The summed E-state index contributed by atoms with van der Waals surface area (Å²) in [6, 6.07) is 0.460. The highest BCUT2D eigenvalue weighted by Crippen LogP contribution is 2.33. The number of rotatable bonds is 6. The van der Waals surface area contributed by atoms with Gasteiger partial charge in [0.1, 0.15) is 0 Å². The number of likely N-dealkylation sites (tertiary alicyclic amines) is 1. The Morgan fingerprint density at radius 2 is 1.92 bits per heavy atom. The topological polar surface area (TPSA) is 55.3 Å². The molecule has 1 saturated heterocycles. The fourth-order valence-corrected chi connectivity index (χ4v) is 4.37. The molecule has 138 valence electrons. The highest BCUT2D eigenvalue weighted by molar-refractivity contribution is 5.62. The van der Waals surface area contributed by atoms with Crippen molar-refractivity contribution in [1.29, 1.82) is 0 Å². The molecule has 2 heterocycles. The molecule has 0 amide bonds. The third-order valence-electron chi connectivity index (χ3n) is 6.02. The van der Waals surface area contributed by atoms with Gasteiger partial charge in [0.25, 0.3) is 0 Å². The standard InChI is InChI=1S/C21H33N3O/c1-3-5-19-20(4-2)25-23-21(19)17-11-14-24(15-12-17)13-10-16-6-8-18(22)9-7-16/h3-5,16-18H,2,6-15,22H2,1H3/b5-3-/t16-,18-. The van der Waals surface area contributed by atoms with E-state index in [1.165, 1.54) is 64.6 Å². The monoisotopic (exact) mass is 343 g/mol. The van der Waals surface area contributed by atoms with Crippen LogP contribution in [0.25, 0.3) is 12.2 Å². The number of hydrogen-bond donors (Lipinski definition) is 1. The zero-order valence-corrected chi connectivity index (χ0v) is 15.6. The van der Waals surface area contributed by atoms with Gasteiger partial charge in [0, 0.05) is 17.5 Å². The van der Waals surface area contributed by atoms with E-state index in [2.05, 4.69) is 22.7 Å². The first-order valence-corrected chi connectivity index (χ1v) is 9.94. The van der Waals surface area contributed by atoms with Gasteiger partial charge in [-0.15, -0.1) is 0 Å². The van der Waals surface area contributed by atoms with E-state index in [1.54, 1.807) is 6.08 Å². The number of aromatic nitrogens is 1. The Hall–Kier alpha value is -1.39. The molecule has 4 heteroatoms. The summed E-state index contributed by atoms with van der Waals surface area (Å²) in [6.45, 7) is 9.45. The maximum absolute atomic E-state index is 6.02. The lowest BCUT2D eigenvalue weighted by molar-refractivity contribution is 0.184. The Balaban J connectivity index is 1.49. The van der Waals surface area contributed by atoms with E-state index in [0.717, 1.165) is 22.9 Å². The lowest BCUT2D eigenvalue weighted by Gasteiger charge is -2.33. The van der Waals surface area contributed by atoms with Crippen LogP contribution in [0, 0.1) is 5.92 Å². The first kappa shape index (κ1) is 18.4. The van der Waals surface area contributed by atoms with E-state index < -0.39 is 0 Å². The van der Waals surface area contributed by atoms with Crippen molar-refractivity contribution < 1.29 is 4.52 Å². The van der Waals surface area contributed by atoms with Gasteiger partial charge >= 0.3 is 0 Å². The molecule has 0 atom stereocenters. The van der Waals surface area contributed by atoms with Gasteiger partial charge in [0.15, 0.2) is 5.76 Å². The molecule has 2 fully saturated rings. The van der Waals surface area contributed by atoms with Crippen LogP contribution in [-0.4, -0.2) is 35.7 Å². The fourth-order valence-electron chi connectivity index (χ4n) is 4.37. The zero-order chi connectivity index (χ0) is 17.6. The van der Waals surface area contributed by atoms with Crippen LogP contribution in [-0.2, 0) is 0 Å². The lowest BCUT2D eigenvalue weighted by Crippen LogP contribution is -2.35. The molecule has 0 radical (unpaired) electrons. The minimum Gasteiger partial charge on any atom is -0.356 e. The largest absolute Gasteiger partial charge is 0.356 e. The number of hydrogen-bond acceptors (Lipinski definition) is 4. The summed E-state index contributed by atoms with van der Waals surface area (Å²) in [7, 11) is 0. The molecule has 2 aliphatic rings. The van der Waals surface area contributed by atoms with Gasteiger partial charge in [0.05, 0.1) is 5.69 Å². The summed E-state index contributed by atoms with van der Waals surface area (Å²) < 4.78 is 5.47. The van der Waals surface area contributed by atoms with E-state index in [4.69, 9.17) is 10.3 Å². The Bertz CT molecular complexity index is 576. The highest BCUT2D eigenvalue weighted by Gasteiger charge is 2.27. The predicted molar refractivity (Wildman–Crippen MR) is 104 cm³/mol. The summed E-state index contributed by atoms with van der Waals surface area (Å²) in [4.78, 5) is 2.63. The van der Waals surface area contributed by atoms with Crippen LogP contribution >= 0.6 is 0 Å². The molecule has 1 aliphatic carbocycles. The second kappa shape index (κ2) is 8.81. The maximum atomic E-state index is 6.02. The second-order valence-electron chi connectivity index (χ2n) is 7.74. The van der Waals surface area contributed by atoms with Gasteiger partial charge in [-0.05, 0) is 83.5 Å². The average Bonchev–Trinajstić information content (AvgIpc) is 3.05. The molecule has 25 heavy (non-hydrogen) atoms. The van der Waals surface area contributed by atoms with Crippen LogP contribution in [0.1, 0.15) is 74.8 Å². The highest BCUT2D eigenvalue weighted by atomic mass is 16.5. The predicted octanol–water partition coefficient (Wildman–Crippen LogP) is 4.44. The van der Waals surface area contributed by atoms with Crippen LogP contribution < -0.4 is 5.73 Å². The molecule has 2 N–H and O–H groups in total. The van der Waals surface area contributed by atoms with E-state index >= 15 is 0 Å². The summed E-state index contributed by atoms with van der Waals surface area (Å²) >= 11 is 0. The molecule has 0 aromatic carbocycles. The van der Waals surface area contributed by atoms with Crippen molar-refractivity contribution in [2.24, 2.45) is 11.7 Å². The van der Waals surface area contributed by atoms with Crippen molar-refractivity contribution in [3.63, 3.8) is 0 Å². The molecule has 0 unspecified atom stereocenters. The zero-order valence-electron chi connectivity index (χ0n) is 15.6. The fraction of sp³-hybridized carbons (Fsp3) is 0.667. The molecule has 4 nitrogen and oxygen atoms in total. The van der Waals surface area contributed by atoms with E-state index in [0.29, 0.717) is 12.0 Å². The molecule has 0 spiro atoms. The minimum absolute atomic E-state index is 0.460. The van der Waals surface area contributed by atoms with Gasteiger partial charge in [-0.25, -0.2) is 0 Å². The van der Waals surface area contributed by atoms with E-state index in [-0.39, 0.29) is 0 Å². The van der Waals surface area contributed by atoms with E-state index in [1.807, 2.05) is 13.0 Å². The van der Waals surface area contributed by atoms with Gasteiger partial charge in [-0.3, -0.25) is 0 Å². The normalized spacial score (nSPS) is 26.3. The molecule has 1 saturated carbocycles. The number of allylic oxidation sites excluding steroid dienone is 1. The first-order valence-electron chi connectivity index (χ1n) is 9.94. The average molecular weight is 344 g/mol. The Morgan fingerprint density at radius 3 is 2.56 bits per heavy atom. The van der Waals surface area contributed by atoms with Crippen LogP contribution in [0.15, 0.2) is 17.2 Å². The smallest absolute Gasteiger partial charge is 0.166 e. The lowest BCUT2D eigenvalue weighted by atomic mass is 9.84. The molecule has 1 aromatic rings. The quantitative estimate of drug-likeness (QED) is 0.830. The van der Waals surface area contributed by atoms with Crippen molar-refractivity contribution in [1.82, 2.24) is 10.1 Å². The molecule has 1 aromatic heterocycles. The van der Waals surface area contributed by atoms with Gasteiger partial charge in [-0.2, -0.15) is 0 Å². The van der Waals surface area contributed by atoms with Crippen molar-refractivity contribution in [2.75, 3.05) is 19.6 Å². The molecule has 1 aliphatic heterocycles. The van der Waals surface area contributed by atoms with Crippen LogP contribution in [0.5, 0.6) is 0 Å². The molecular formula is C21H33N3O. The molecular weight excluding hydrogens is 310 g/mol. The molecule has 3 rings (SSSR count). The van der Waals surface area contributed by atoms with Crippen LogP contribution in [0.3, 0.4) is 0 Å². The second-order valence-corrected chi connectivity index (χ2v) is 7.74. The van der Waals surface area contributed by atoms with E-state index in [9.17, 15) is 0 Å². The van der Waals surface area contributed by atoms with Crippen molar-refractivity contribution in [3.8, 4) is 0 Å². The maximum Gasteiger partial charge on any atom is 0.166 e. The van der Waals surface area contributed by atoms with Gasteiger partial charge < -0.3 is 15.2 Å². The van der Waals surface area contributed by atoms with Crippen molar-refractivity contribution in [3.05, 3.63) is 29.7 Å². The van der Waals surface area contributed by atoms with Crippen LogP contribution in [0.2, 0.25) is 0 Å². The Kier molecular flexibility index (Phi) is 6.49. The minimum atomic E-state index is 0.460. The molecule has 0 bridgehead atoms. The van der Waals surface area contributed by atoms with Gasteiger partial charge in [-0.1, -0.05) is 23.9 Å². The summed E-state index contributed by atoms with van der Waals surface area (Å²) in [5, 5.41) is 4.35. The number of nitrogens with zero attached hydrogens (tertiary/aromatic N) is 2. The van der Waals surface area contributed by atoms with Crippen LogP contribution in [0.4, 0.5) is 0 Å². The Labute approximate surface area is 152 Å². The summed E-state index contributed by atoms with van der Waals surface area (Å²) in [6.07, 6.45) is 14.7. The SMILES string of the molecule is C=Cc1onc(C2CCN(CC[C@H]3CC[C@H](N)CC3)CC2)c1/C=C\C. The number of piperidine rings is 1. The number of nitrogens with two attached hydrogens (primary N) is 1. The third-order valence-corrected chi connectivity index (χ3v) is 6.02. The Morgan fingerprint density at radius 1 is 1.20 bits per heavy atom. The summed E-state index contributed by atoms with van der Waals surface area (Å²) in [5.74, 6) is 2.20. The van der Waals surface area contributed by atoms with Crippen molar-refractivity contribution in [2.45, 2.75) is 63.8 Å². The van der Waals surface area contributed by atoms with Gasteiger partial charge in [0.2, 0.25) is 0 Å². The third kappa shape index (κ3) is 4.62. The first-order chi connectivity index (χ1) is 12.2. The summed E-state index contributed by atoms with van der Waals surface area (Å²) in [5.41, 5.74) is 8.26.